The molecule has 230 valence electrons. The number of imidazole rings is 1. The Labute approximate surface area is 259 Å². The molecule has 1 aromatic heterocycles. The average Bonchev–Trinajstić information content (AvgIpc) is 3.43. The Hall–Kier alpha value is -5.29. The molecule has 4 aromatic carbocycles. The average molecular weight is 630 g/mol. The third kappa shape index (κ3) is 7.63. The van der Waals surface area contributed by atoms with Crippen LogP contribution in [0.3, 0.4) is 0 Å². The molecule has 0 radical (unpaired) electrons. The molecule has 45 heavy (non-hydrogen) atoms. The second kappa shape index (κ2) is 13.1. The van der Waals surface area contributed by atoms with E-state index in [0.29, 0.717) is 29.6 Å². The Bertz CT molecular complexity index is 1990. The molecular weight excluding hydrogens is 600 g/mol. The van der Waals surface area contributed by atoms with E-state index in [1.54, 1.807) is 24.4 Å². The summed E-state index contributed by atoms with van der Waals surface area (Å²) in [4.78, 5) is 16.8. The zero-order valence-corrected chi connectivity index (χ0v) is 25.4. The molecule has 0 spiro atoms. The summed E-state index contributed by atoms with van der Waals surface area (Å²) in [6.07, 6.45) is 6.50. The normalized spacial score (nSPS) is 11.5. The van der Waals surface area contributed by atoms with Crippen molar-refractivity contribution in [3.05, 3.63) is 120 Å². The number of esters is 1. The van der Waals surface area contributed by atoms with Crippen molar-refractivity contribution in [1.29, 1.82) is 0 Å². The van der Waals surface area contributed by atoms with Gasteiger partial charge in [0.25, 0.3) is 0 Å². The number of anilines is 1. The van der Waals surface area contributed by atoms with Crippen LogP contribution in [0.4, 0.5) is 14.5 Å². The van der Waals surface area contributed by atoms with Crippen molar-refractivity contribution in [3.8, 4) is 33.9 Å². The van der Waals surface area contributed by atoms with Crippen LogP contribution in [0, 0.1) is 11.6 Å². The van der Waals surface area contributed by atoms with Crippen LogP contribution < -0.4 is 9.46 Å². The highest BCUT2D eigenvalue weighted by Gasteiger charge is 2.17. The van der Waals surface area contributed by atoms with Gasteiger partial charge >= 0.3 is 5.97 Å². The van der Waals surface area contributed by atoms with Gasteiger partial charge in [0.15, 0.2) is 0 Å². The molecule has 0 saturated carbocycles. The first kappa shape index (κ1) is 31.1. The van der Waals surface area contributed by atoms with Crippen molar-refractivity contribution in [1.82, 2.24) is 9.55 Å². The standard InChI is InChI=1S/C34H29F2N3O5S/c1-4-39-21-32(28-16-12-25(35)19-30(28)36)37-33(39)18-7-22-5-8-23(9-6-22)24-10-13-26(14-11-24)44-27-15-17-31(38-45(3,41)42)29(20-27)34(40)43-2/h5-21,38H,4H2,1-3H3. The van der Waals surface area contributed by atoms with E-state index in [0.717, 1.165) is 29.0 Å². The molecule has 11 heteroatoms. The number of methoxy groups -OCH3 is 1. The zero-order chi connectivity index (χ0) is 32.1. The van der Waals surface area contributed by atoms with Crippen LogP contribution >= 0.6 is 0 Å². The van der Waals surface area contributed by atoms with Gasteiger partial charge in [-0.2, -0.15) is 0 Å². The molecule has 1 N–H and O–H groups in total. The molecule has 5 rings (SSSR count). The third-order valence-corrected chi connectivity index (χ3v) is 7.40. The molecule has 0 bridgehead atoms. The minimum atomic E-state index is -3.60. The highest BCUT2D eigenvalue weighted by molar-refractivity contribution is 7.92. The number of carbonyl (C=O) groups excluding carboxylic acids is 1. The van der Waals surface area contributed by atoms with Gasteiger partial charge < -0.3 is 14.0 Å². The van der Waals surface area contributed by atoms with E-state index >= 15 is 0 Å². The van der Waals surface area contributed by atoms with Gasteiger partial charge in [0.05, 0.1) is 30.3 Å². The fourth-order valence-corrected chi connectivity index (χ4v) is 5.18. The predicted octanol–water partition coefficient (Wildman–Crippen LogP) is 7.64. The Morgan fingerprint density at radius 1 is 0.911 bits per heavy atom. The largest absolute Gasteiger partial charge is 0.465 e. The van der Waals surface area contributed by atoms with E-state index in [9.17, 15) is 22.0 Å². The highest BCUT2D eigenvalue weighted by atomic mass is 32.2. The van der Waals surface area contributed by atoms with E-state index in [-0.39, 0.29) is 16.8 Å². The van der Waals surface area contributed by atoms with Crippen LogP contribution in [0.25, 0.3) is 34.5 Å². The number of hydrogen-bond donors (Lipinski definition) is 1. The minimum absolute atomic E-state index is 0.0204. The number of aromatic nitrogens is 2. The molecule has 0 atom stereocenters. The number of nitrogens with zero attached hydrogens (tertiary/aromatic N) is 2. The lowest BCUT2D eigenvalue weighted by Gasteiger charge is -2.12. The number of sulfonamides is 1. The number of aryl methyl sites for hydroxylation is 1. The first-order valence-electron chi connectivity index (χ1n) is 13.8. The summed E-state index contributed by atoms with van der Waals surface area (Å²) in [5.74, 6) is -0.506. The smallest absolute Gasteiger partial charge is 0.340 e. The number of nitrogens with one attached hydrogen (secondary N) is 1. The number of benzene rings is 4. The molecule has 0 fully saturated rings. The fourth-order valence-electron chi connectivity index (χ4n) is 4.61. The van der Waals surface area contributed by atoms with Gasteiger partial charge in [-0.15, -0.1) is 0 Å². The van der Waals surface area contributed by atoms with Crippen LogP contribution in [0.5, 0.6) is 11.5 Å². The maximum Gasteiger partial charge on any atom is 0.340 e. The summed E-state index contributed by atoms with van der Waals surface area (Å²) in [5, 5.41) is 0. The topological polar surface area (TPSA) is 99.5 Å². The lowest BCUT2D eigenvalue weighted by Crippen LogP contribution is -2.14. The third-order valence-electron chi connectivity index (χ3n) is 6.81. The number of ether oxygens (including phenoxy) is 2. The molecular formula is C34H29F2N3O5S. The number of rotatable bonds is 10. The van der Waals surface area contributed by atoms with Crippen molar-refractivity contribution in [2.45, 2.75) is 13.5 Å². The van der Waals surface area contributed by atoms with Crippen molar-refractivity contribution in [2.24, 2.45) is 0 Å². The van der Waals surface area contributed by atoms with E-state index in [1.165, 1.54) is 31.4 Å². The van der Waals surface area contributed by atoms with Crippen LogP contribution in [-0.2, 0) is 21.3 Å². The number of carbonyl (C=O) groups is 1. The van der Waals surface area contributed by atoms with Crippen LogP contribution in [0.2, 0.25) is 0 Å². The molecule has 0 aliphatic rings. The Morgan fingerprint density at radius 3 is 2.20 bits per heavy atom. The van der Waals surface area contributed by atoms with Crippen molar-refractivity contribution in [2.75, 3.05) is 18.1 Å². The first-order valence-corrected chi connectivity index (χ1v) is 15.7. The minimum Gasteiger partial charge on any atom is -0.465 e. The summed E-state index contributed by atoms with van der Waals surface area (Å²) in [6.45, 7) is 2.59. The van der Waals surface area contributed by atoms with Crippen LogP contribution in [0.15, 0.2) is 91.1 Å². The number of hydrogen-bond acceptors (Lipinski definition) is 6. The van der Waals surface area contributed by atoms with Crippen molar-refractivity contribution in [3.63, 3.8) is 0 Å². The Morgan fingerprint density at radius 2 is 1.58 bits per heavy atom. The predicted molar refractivity (Wildman–Crippen MR) is 170 cm³/mol. The van der Waals surface area contributed by atoms with Crippen molar-refractivity contribution >= 4 is 33.8 Å². The molecule has 8 nitrogen and oxygen atoms in total. The maximum absolute atomic E-state index is 14.3. The van der Waals surface area contributed by atoms with Gasteiger partial charge in [-0.3, -0.25) is 4.72 Å². The summed E-state index contributed by atoms with van der Waals surface area (Å²) in [5.41, 5.74) is 3.65. The number of halogens is 2. The van der Waals surface area contributed by atoms with Gasteiger partial charge in [-0.05, 0) is 72.2 Å². The first-order chi connectivity index (χ1) is 21.5. The molecule has 0 aliphatic heterocycles. The van der Waals surface area contributed by atoms with Crippen LogP contribution in [-0.4, -0.2) is 37.3 Å². The zero-order valence-electron chi connectivity index (χ0n) is 24.6. The van der Waals surface area contributed by atoms with Gasteiger partial charge in [0.1, 0.15) is 29.0 Å². The van der Waals surface area contributed by atoms with Gasteiger partial charge in [0.2, 0.25) is 10.0 Å². The molecule has 0 amide bonds. The molecule has 0 unspecified atom stereocenters. The molecule has 5 aromatic rings. The maximum atomic E-state index is 14.3. The highest BCUT2D eigenvalue weighted by Crippen LogP contribution is 2.30. The van der Waals surface area contributed by atoms with E-state index < -0.39 is 27.6 Å². The SMILES string of the molecule is CCn1cc(-c2ccc(F)cc2F)nc1C=Cc1ccc(-c2ccc(Oc3ccc(NS(C)(=O)=O)c(C(=O)OC)c3)cc2)cc1. The summed E-state index contributed by atoms with van der Waals surface area (Å²) >= 11 is 0. The summed E-state index contributed by atoms with van der Waals surface area (Å²) in [7, 11) is -2.40. The lowest BCUT2D eigenvalue weighted by molar-refractivity contribution is 0.0601. The van der Waals surface area contributed by atoms with Gasteiger partial charge in [-0.25, -0.2) is 27.0 Å². The fraction of sp³-hybridized carbons (Fsp3) is 0.118. The Kier molecular flexibility index (Phi) is 9.10. The molecule has 1 heterocycles. The monoisotopic (exact) mass is 629 g/mol. The molecule has 0 aliphatic carbocycles. The van der Waals surface area contributed by atoms with Crippen LogP contribution in [0.1, 0.15) is 28.7 Å². The summed E-state index contributed by atoms with van der Waals surface area (Å²) in [6, 6.07) is 23.1. The summed E-state index contributed by atoms with van der Waals surface area (Å²) < 4.78 is 65.8. The van der Waals surface area contributed by atoms with Gasteiger partial charge in [-0.1, -0.05) is 42.5 Å². The second-order valence-electron chi connectivity index (χ2n) is 10.0. The van der Waals surface area contributed by atoms with Crippen molar-refractivity contribution < 1.29 is 31.5 Å². The lowest BCUT2D eigenvalue weighted by atomic mass is 10.0. The van der Waals surface area contributed by atoms with E-state index in [1.807, 2.05) is 60.0 Å². The van der Waals surface area contributed by atoms with Gasteiger partial charge in [0, 0.05) is 24.4 Å². The molecule has 0 saturated heterocycles. The van der Waals surface area contributed by atoms with E-state index in [2.05, 4.69) is 9.71 Å². The quantitative estimate of drug-likeness (QED) is 0.160. The van der Waals surface area contributed by atoms with E-state index in [4.69, 9.17) is 9.47 Å². The second-order valence-corrected chi connectivity index (χ2v) is 11.8. The Balaban J connectivity index is 1.28.